The monoisotopic (exact) mass is 384 g/mol. The molecule has 1 aliphatic rings. The number of rotatable bonds is 5. The van der Waals surface area contributed by atoms with E-state index in [1.165, 1.54) is 11.3 Å². The van der Waals surface area contributed by atoms with Gasteiger partial charge in [0.1, 0.15) is 22.1 Å². The van der Waals surface area contributed by atoms with Gasteiger partial charge in [0.2, 0.25) is 0 Å². The molecule has 140 valence electrons. The van der Waals surface area contributed by atoms with Crippen LogP contribution in [0.3, 0.4) is 0 Å². The Morgan fingerprint density at radius 2 is 1.85 bits per heavy atom. The summed E-state index contributed by atoms with van der Waals surface area (Å²) in [6.07, 6.45) is 3.84. The highest BCUT2D eigenvalue weighted by Crippen LogP contribution is 2.32. The van der Waals surface area contributed by atoms with Crippen LogP contribution in [0.2, 0.25) is 0 Å². The molecule has 2 heterocycles. The van der Waals surface area contributed by atoms with Crippen LogP contribution in [0.25, 0.3) is 10.2 Å². The molecule has 0 N–H and O–H groups in total. The van der Waals surface area contributed by atoms with E-state index in [4.69, 9.17) is 9.47 Å². The van der Waals surface area contributed by atoms with Gasteiger partial charge in [0.25, 0.3) is 5.56 Å². The molecule has 1 aromatic carbocycles. The fraction of sp³-hybridized carbons (Fsp3) is 0.350. The van der Waals surface area contributed by atoms with E-state index >= 15 is 0 Å². The number of aryl methyl sites for hydroxylation is 3. The lowest BCUT2D eigenvalue weighted by Crippen LogP contribution is -2.22. The largest absolute Gasteiger partial charge is 0.497 e. The minimum absolute atomic E-state index is 0.0262. The summed E-state index contributed by atoms with van der Waals surface area (Å²) >= 11 is 1.47. The van der Waals surface area contributed by atoms with Crippen molar-refractivity contribution in [1.82, 2.24) is 9.55 Å². The maximum absolute atomic E-state index is 13.0. The standard InChI is InChI=1S/C20H20N2O4S/c1-25-14-7-12(8-15(10-14)26-2)5-6-22-11-21-19-18(20(22)24)16-4-3-13(23)9-17(16)27-19/h7-8,10-11H,3-6,9H2,1-2H3. The van der Waals surface area contributed by atoms with Crippen LogP contribution >= 0.6 is 11.3 Å². The van der Waals surface area contributed by atoms with Gasteiger partial charge < -0.3 is 9.47 Å². The number of hydrogen-bond donors (Lipinski definition) is 0. The molecule has 0 saturated heterocycles. The minimum atomic E-state index is -0.0262. The van der Waals surface area contributed by atoms with E-state index in [9.17, 15) is 9.59 Å². The molecule has 0 saturated carbocycles. The topological polar surface area (TPSA) is 70.4 Å². The number of thiophene rings is 1. The summed E-state index contributed by atoms with van der Waals surface area (Å²) in [5.74, 6) is 1.69. The van der Waals surface area contributed by atoms with Crippen molar-refractivity contribution < 1.29 is 14.3 Å². The van der Waals surface area contributed by atoms with Crippen LogP contribution < -0.4 is 15.0 Å². The van der Waals surface area contributed by atoms with Crippen LogP contribution in [-0.2, 0) is 30.6 Å². The van der Waals surface area contributed by atoms with Crippen molar-refractivity contribution in [3.05, 3.63) is 50.9 Å². The van der Waals surface area contributed by atoms with Gasteiger partial charge in [-0.05, 0) is 36.1 Å². The summed E-state index contributed by atoms with van der Waals surface area (Å²) in [7, 11) is 3.23. The fourth-order valence-corrected chi connectivity index (χ4v) is 4.69. The van der Waals surface area contributed by atoms with E-state index in [0.717, 1.165) is 32.3 Å². The van der Waals surface area contributed by atoms with Crippen LogP contribution in [0.15, 0.2) is 29.3 Å². The number of carbonyl (C=O) groups is 1. The molecule has 3 aromatic rings. The van der Waals surface area contributed by atoms with Crippen molar-refractivity contribution in [2.75, 3.05) is 14.2 Å². The van der Waals surface area contributed by atoms with Gasteiger partial charge in [-0.1, -0.05) is 0 Å². The molecule has 2 aromatic heterocycles. The van der Waals surface area contributed by atoms with Gasteiger partial charge in [0.05, 0.1) is 25.9 Å². The molecule has 4 rings (SSSR count). The summed E-state index contributed by atoms with van der Waals surface area (Å²) < 4.78 is 12.3. The SMILES string of the molecule is COc1cc(CCn2cnc3sc4c(c3c2=O)CCC(=O)C4)cc(OC)c1. The van der Waals surface area contributed by atoms with E-state index in [0.29, 0.717) is 37.6 Å². The molecule has 0 amide bonds. The van der Waals surface area contributed by atoms with E-state index < -0.39 is 0 Å². The number of nitrogens with zero attached hydrogens (tertiary/aromatic N) is 2. The summed E-state index contributed by atoms with van der Waals surface area (Å²) in [4.78, 5) is 30.9. The smallest absolute Gasteiger partial charge is 0.262 e. The van der Waals surface area contributed by atoms with Crippen LogP contribution in [-0.4, -0.2) is 29.6 Å². The Balaban J connectivity index is 1.64. The summed E-state index contributed by atoms with van der Waals surface area (Å²) in [5.41, 5.74) is 2.02. The average Bonchev–Trinajstić information content (AvgIpc) is 3.05. The Morgan fingerprint density at radius 1 is 1.11 bits per heavy atom. The summed E-state index contributed by atoms with van der Waals surface area (Å²) in [6, 6.07) is 5.71. The first-order valence-corrected chi connectivity index (χ1v) is 9.64. The highest BCUT2D eigenvalue weighted by atomic mass is 32.1. The van der Waals surface area contributed by atoms with Crippen molar-refractivity contribution in [1.29, 1.82) is 0 Å². The third-order valence-corrected chi connectivity index (χ3v) is 6.07. The average molecular weight is 384 g/mol. The van der Waals surface area contributed by atoms with Gasteiger partial charge in [-0.2, -0.15) is 0 Å². The second-order valence-electron chi connectivity index (χ2n) is 6.61. The third kappa shape index (κ3) is 3.35. The summed E-state index contributed by atoms with van der Waals surface area (Å²) in [6.45, 7) is 0.516. The Kier molecular flexibility index (Phi) is 4.70. The quantitative estimate of drug-likeness (QED) is 0.677. The lowest BCUT2D eigenvalue weighted by molar-refractivity contribution is -0.118. The van der Waals surface area contributed by atoms with Crippen LogP contribution in [0.5, 0.6) is 11.5 Å². The summed E-state index contributed by atoms with van der Waals surface area (Å²) in [5, 5.41) is 0.688. The molecule has 27 heavy (non-hydrogen) atoms. The second kappa shape index (κ2) is 7.15. The number of ketones is 1. The van der Waals surface area contributed by atoms with Crippen molar-refractivity contribution in [2.24, 2.45) is 0 Å². The van der Waals surface area contributed by atoms with Crippen LogP contribution in [0.1, 0.15) is 22.4 Å². The Bertz CT molecular complexity index is 1060. The lowest BCUT2D eigenvalue weighted by atomic mass is 9.96. The zero-order valence-electron chi connectivity index (χ0n) is 15.3. The van der Waals surface area contributed by atoms with Gasteiger partial charge >= 0.3 is 0 Å². The molecule has 0 unspecified atom stereocenters. The highest BCUT2D eigenvalue weighted by Gasteiger charge is 2.23. The second-order valence-corrected chi connectivity index (χ2v) is 7.70. The van der Waals surface area contributed by atoms with Crippen molar-refractivity contribution in [3.63, 3.8) is 0 Å². The van der Waals surface area contributed by atoms with E-state index in [1.54, 1.807) is 25.1 Å². The maximum atomic E-state index is 13.0. The molecule has 0 radical (unpaired) electrons. The number of methoxy groups -OCH3 is 2. The minimum Gasteiger partial charge on any atom is -0.497 e. The zero-order chi connectivity index (χ0) is 19.0. The number of benzene rings is 1. The van der Waals surface area contributed by atoms with Gasteiger partial charge in [-0.3, -0.25) is 14.2 Å². The number of ether oxygens (including phenoxy) is 2. The number of carbonyl (C=O) groups excluding carboxylic acids is 1. The van der Waals surface area contributed by atoms with Crippen LogP contribution in [0.4, 0.5) is 0 Å². The normalized spacial score (nSPS) is 13.6. The maximum Gasteiger partial charge on any atom is 0.262 e. The van der Waals surface area contributed by atoms with E-state index in [-0.39, 0.29) is 11.3 Å². The van der Waals surface area contributed by atoms with Crippen molar-refractivity contribution in [2.45, 2.75) is 32.2 Å². The van der Waals surface area contributed by atoms with Gasteiger partial charge in [-0.15, -0.1) is 11.3 Å². The Hall–Kier alpha value is -2.67. The molecule has 6 nitrogen and oxygen atoms in total. The molecule has 0 fully saturated rings. The number of fused-ring (bicyclic) bond motifs is 3. The van der Waals surface area contributed by atoms with Crippen molar-refractivity contribution in [3.8, 4) is 11.5 Å². The number of hydrogen-bond acceptors (Lipinski definition) is 6. The first-order valence-electron chi connectivity index (χ1n) is 8.82. The fourth-order valence-electron chi connectivity index (χ4n) is 3.49. The molecular weight excluding hydrogens is 364 g/mol. The third-order valence-electron chi connectivity index (χ3n) is 4.93. The van der Waals surface area contributed by atoms with E-state index in [1.807, 2.05) is 18.2 Å². The molecule has 0 aliphatic heterocycles. The lowest BCUT2D eigenvalue weighted by Gasteiger charge is -2.11. The molecule has 1 aliphatic carbocycles. The molecule has 0 bridgehead atoms. The zero-order valence-corrected chi connectivity index (χ0v) is 16.1. The van der Waals surface area contributed by atoms with Gasteiger partial charge in [0.15, 0.2) is 0 Å². The first kappa shape index (κ1) is 17.7. The van der Waals surface area contributed by atoms with E-state index in [2.05, 4.69) is 4.98 Å². The molecule has 0 atom stereocenters. The predicted molar refractivity (Wildman–Crippen MR) is 104 cm³/mol. The number of Topliss-reactive ketones (excluding diaryl/α,β-unsaturated/α-hetero) is 1. The molecule has 7 heteroatoms. The van der Waals surface area contributed by atoms with Crippen molar-refractivity contribution >= 4 is 27.3 Å². The first-order chi connectivity index (χ1) is 13.1. The predicted octanol–water partition coefficient (Wildman–Crippen LogP) is 2.78. The Morgan fingerprint density at radius 3 is 2.56 bits per heavy atom. The number of aromatic nitrogens is 2. The van der Waals surface area contributed by atoms with Gasteiger partial charge in [-0.25, -0.2) is 4.98 Å². The molecular formula is C20H20N2O4S. The molecule has 0 spiro atoms. The van der Waals surface area contributed by atoms with Gasteiger partial charge in [0, 0.05) is 30.3 Å². The highest BCUT2D eigenvalue weighted by molar-refractivity contribution is 7.19. The Labute approximate surface area is 160 Å². The van der Waals surface area contributed by atoms with Crippen LogP contribution in [0, 0.1) is 0 Å².